The van der Waals surface area contributed by atoms with Crippen LogP contribution < -0.4 is 20.4 Å². The Balaban J connectivity index is 1.35. The van der Waals surface area contributed by atoms with E-state index in [1.54, 1.807) is 42.5 Å². The van der Waals surface area contributed by atoms with E-state index in [1.807, 2.05) is 4.90 Å². The van der Waals surface area contributed by atoms with Gasteiger partial charge in [0.25, 0.3) is 5.91 Å². The van der Waals surface area contributed by atoms with Crippen molar-refractivity contribution in [3.63, 3.8) is 0 Å². The Morgan fingerprint density at radius 2 is 1.36 bits per heavy atom. The lowest BCUT2D eigenvalue weighted by molar-refractivity contribution is 0.0977. The van der Waals surface area contributed by atoms with Crippen molar-refractivity contribution in [2.75, 3.05) is 41.3 Å². The fourth-order valence-electron chi connectivity index (χ4n) is 3.78. The topological polar surface area (TPSA) is 47.6 Å². The number of rotatable bonds is 4. The minimum absolute atomic E-state index is 0.0535. The molecule has 12 heteroatoms. The summed E-state index contributed by atoms with van der Waals surface area (Å²) in [5.41, 5.74) is 0.827. The van der Waals surface area contributed by atoms with Crippen molar-refractivity contribution in [3.8, 4) is 0 Å². The van der Waals surface area contributed by atoms with Crippen LogP contribution in [0.15, 0.2) is 48.5 Å². The number of amides is 1. The van der Waals surface area contributed by atoms with Gasteiger partial charge in [0, 0.05) is 48.1 Å². The first-order valence-electron chi connectivity index (χ1n) is 10.6. The van der Waals surface area contributed by atoms with Gasteiger partial charge in [-0.2, -0.15) is 0 Å². The van der Waals surface area contributed by atoms with E-state index in [1.165, 1.54) is 6.07 Å². The number of nitrogens with zero attached hydrogens (tertiary/aromatic N) is 2. The minimum Gasteiger partial charge on any atom is -0.368 e. The summed E-state index contributed by atoms with van der Waals surface area (Å²) in [7, 11) is 0. The molecular formula is C24H18ClF5N4OS. The molecule has 0 spiro atoms. The van der Waals surface area contributed by atoms with Crippen molar-refractivity contribution in [1.82, 2.24) is 5.32 Å². The molecule has 0 aliphatic carbocycles. The molecule has 1 saturated heterocycles. The summed E-state index contributed by atoms with van der Waals surface area (Å²) in [6.07, 6.45) is 0. The number of halogens is 6. The van der Waals surface area contributed by atoms with Crippen molar-refractivity contribution in [2.45, 2.75) is 0 Å². The Hall–Kier alpha value is -3.44. The lowest BCUT2D eigenvalue weighted by atomic mass is 10.2. The second-order valence-electron chi connectivity index (χ2n) is 7.86. The number of carbonyl (C=O) groups is 1. The zero-order valence-electron chi connectivity index (χ0n) is 18.4. The van der Waals surface area contributed by atoms with Crippen molar-refractivity contribution in [3.05, 3.63) is 88.2 Å². The van der Waals surface area contributed by atoms with Crippen molar-refractivity contribution in [2.24, 2.45) is 0 Å². The number of hydrogen-bond acceptors (Lipinski definition) is 4. The van der Waals surface area contributed by atoms with E-state index in [9.17, 15) is 26.7 Å². The summed E-state index contributed by atoms with van der Waals surface area (Å²) < 4.78 is 68.7. The Morgan fingerprint density at radius 3 is 1.94 bits per heavy atom. The standard InChI is InChI=1S/C24H18ClF5N4OS/c25-14-3-1-2-13(12-14)23(35)32-24(36)31-15-4-6-16(7-5-15)33-8-10-34(11-9-33)22-20(29)18(27)17(26)19(28)21(22)30/h1-7,12H,8-11H2,(H2,31,32,35,36). The molecule has 1 heterocycles. The molecular weight excluding hydrogens is 523 g/mol. The SMILES string of the molecule is O=C(NC(=S)Nc1ccc(N2CCN(c3c(F)c(F)c(F)c(F)c3F)CC2)cc1)c1cccc(Cl)c1. The van der Waals surface area contributed by atoms with Crippen LogP contribution in [0.5, 0.6) is 0 Å². The molecule has 188 valence electrons. The smallest absolute Gasteiger partial charge is 0.257 e. The third kappa shape index (κ3) is 5.36. The lowest BCUT2D eigenvalue weighted by Crippen LogP contribution is -2.47. The molecule has 3 aromatic rings. The van der Waals surface area contributed by atoms with Gasteiger partial charge >= 0.3 is 0 Å². The highest BCUT2D eigenvalue weighted by Crippen LogP contribution is 2.31. The maximum Gasteiger partial charge on any atom is 0.257 e. The molecule has 5 nitrogen and oxygen atoms in total. The van der Waals surface area contributed by atoms with E-state index in [2.05, 4.69) is 10.6 Å². The minimum atomic E-state index is -2.18. The van der Waals surface area contributed by atoms with Crippen LogP contribution in [-0.2, 0) is 0 Å². The predicted molar refractivity (Wildman–Crippen MR) is 132 cm³/mol. The molecule has 1 amide bonds. The van der Waals surface area contributed by atoms with Gasteiger partial charge in [0.05, 0.1) is 0 Å². The quantitative estimate of drug-likeness (QED) is 0.198. The summed E-state index contributed by atoms with van der Waals surface area (Å²) in [6, 6.07) is 13.4. The Kier molecular flexibility index (Phi) is 7.60. The van der Waals surface area contributed by atoms with E-state index in [0.717, 1.165) is 10.6 Å². The molecule has 4 rings (SSSR count). The summed E-state index contributed by atoms with van der Waals surface area (Å²) in [6.45, 7) is 0.691. The van der Waals surface area contributed by atoms with Crippen LogP contribution in [0.4, 0.5) is 39.0 Å². The van der Waals surface area contributed by atoms with E-state index >= 15 is 0 Å². The zero-order valence-corrected chi connectivity index (χ0v) is 20.0. The van der Waals surface area contributed by atoms with E-state index in [-0.39, 0.29) is 18.2 Å². The van der Waals surface area contributed by atoms with Gasteiger partial charge in [0.1, 0.15) is 5.69 Å². The second kappa shape index (κ2) is 10.7. The highest BCUT2D eigenvalue weighted by Gasteiger charge is 2.30. The Morgan fingerprint density at radius 1 is 0.806 bits per heavy atom. The fraction of sp³-hybridized carbons (Fsp3) is 0.167. The van der Waals surface area contributed by atoms with Gasteiger partial charge in [-0.25, -0.2) is 22.0 Å². The van der Waals surface area contributed by atoms with Gasteiger partial charge < -0.3 is 15.1 Å². The summed E-state index contributed by atoms with van der Waals surface area (Å²) in [5.74, 6) is -10.2. The molecule has 36 heavy (non-hydrogen) atoms. The average molecular weight is 541 g/mol. The fourth-order valence-corrected chi connectivity index (χ4v) is 4.18. The third-order valence-corrected chi connectivity index (χ3v) is 6.03. The highest BCUT2D eigenvalue weighted by atomic mass is 35.5. The molecule has 0 atom stereocenters. The first-order chi connectivity index (χ1) is 17.2. The maximum atomic E-state index is 14.1. The molecule has 0 saturated carbocycles. The number of piperazine rings is 1. The van der Waals surface area contributed by atoms with E-state index in [0.29, 0.717) is 29.4 Å². The molecule has 0 bridgehead atoms. The number of thiocarbonyl (C=S) groups is 1. The largest absolute Gasteiger partial charge is 0.368 e. The molecule has 0 aromatic heterocycles. The summed E-state index contributed by atoms with van der Waals surface area (Å²) >= 11 is 11.1. The first-order valence-corrected chi connectivity index (χ1v) is 11.4. The van der Waals surface area contributed by atoms with Gasteiger partial charge in [-0.15, -0.1) is 0 Å². The molecule has 0 radical (unpaired) electrons. The van der Waals surface area contributed by atoms with Crippen molar-refractivity contribution < 1.29 is 26.7 Å². The lowest BCUT2D eigenvalue weighted by Gasteiger charge is -2.37. The van der Waals surface area contributed by atoms with Crippen LogP contribution in [-0.4, -0.2) is 37.2 Å². The average Bonchev–Trinajstić information content (AvgIpc) is 2.87. The van der Waals surface area contributed by atoms with Crippen LogP contribution in [0.1, 0.15) is 10.4 Å². The van der Waals surface area contributed by atoms with Crippen molar-refractivity contribution >= 4 is 51.9 Å². The van der Waals surface area contributed by atoms with Crippen LogP contribution in [0, 0.1) is 29.1 Å². The highest BCUT2D eigenvalue weighted by molar-refractivity contribution is 7.80. The number of benzene rings is 3. The summed E-state index contributed by atoms with van der Waals surface area (Å²) in [4.78, 5) is 15.3. The van der Waals surface area contributed by atoms with Crippen LogP contribution in [0.2, 0.25) is 5.02 Å². The first kappa shape index (κ1) is 25.6. The molecule has 2 N–H and O–H groups in total. The number of carbonyl (C=O) groups excluding carboxylic acids is 1. The van der Waals surface area contributed by atoms with Gasteiger partial charge in [-0.1, -0.05) is 17.7 Å². The van der Waals surface area contributed by atoms with Gasteiger partial charge in [0.2, 0.25) is 5.82 Å². The Bertz CT molecular complexity index is 1290. The van der Waals surface area contributed by atoms with Gasteiger partial charge in [-0.05, 0) is 54.7 Å². The maximum absolute atomic E-state index is 14.1. The van der Waals surface area contributed by atoms with Crippen LogP contribution in [0.25, 0.3) is 0 Å². The van der Waals surface area contributed by atoms with E-state index < -0.39 is 40.7 Å². The van der Waals surface area contributed by atoms with Crippen LogP contribution in [0.3, 0.4) is 0 Å². The van der Waals surface area contributed by atoms with Crippen molar-refractivity contribution in [1.29, 1.82) is 0 Å². The molecule has 3 aromatic carbocycles. The van der Waals surface area contributed by atoms with Gasteiger partial charge in [-0.3, -0.25) is 10.1 Å². The Labute approximate surface area is 213 Å². The molecule has 1 aliphatic rings. The zero-order chi connectivity index (χ0) is 26.0. The summed E-state index contributed by atoms with van der Waals surface area (Å²) in [5, 5.41) is 5.97. The molecule has 1 aliphatic heterocycles. The van der Waals surface area contributed by atoms with E-state index in [4.69, 9.17) is 23.8 Å². The van der Waals surface area contributed by atoms with Gasteiger partial charge in [0.15, 0.2) is 28.4 Å². The third-order valence-electron chi connectivity index (χ3n) is 5.59. The monoisotopic (exact) mass is 540 g/mol. The number of nitrogens with one attached hydrogen (secondary N) is 2. The number of anilines is 3. The second-order valence-corrected chi connectivity index (χ2v) is 8.70. The predicted octanol–water partition coefficient (Wildman–Crippen LogP) is 5.49. The van der Waals surface area contributed by atoms with Crippen LogP contribution >= 0.6 is 23.8 Å². The molecule has 1 fully saturated rings. The number of hydrogen-bond donors (Lipinski definition) is 2. The molecule has 0 unspecified atom stereocenters. The normalized spacial score (nSPS) is 13.5.